The van der Waals surface area contributed by atoms with E-state index < -0.39 is 0 Å². The van der Waals surface area contributed by atoms with Gasteiger partial charge in [0.1, 0.15) is 12.5 Å². The van der Waals surface area contributed by atoms with Gasteiger partial charge in [-0.05, 0) is 17.7 Å². The van der Waals surface area contributed by atoms with Crippen molar-refractivity contribution in [3.8, 4) is 5.75 Å². The summed E-state index contributed by atoms with van der Waals surface area (Å²) < 4.78 is 20.4. The molecule has 0 spiro atoms. The van der Waals surface area contributed by atoms with Gasteiger partial charge in [-0.15, -0.1) is 0 Å². The fourth-order valence-corrected chi connectivity index (χ4v) is 1.14. The van der Waals surface area contributed by atoms with Gasteiger partial charge in [0, 0.05) is 7.11 Å². The Morgan fingerprint density at radius 1 is 0.938 bits per heavy atom. The zero-order valence-electron chi connectivity index (χ0n) is 9.77. The average Bonchev–Trinajstić information content (AvgIpc) is 2.34. The molecule has 0 aromatic heterocycles. The largest absolute Gasteiger partial charge is 0.497 e. The number of ether oxygens (including phenoxy) is 4. The van der Waals surface area contributed by atoms with Crippen LogP contribution in [0.2, 0.25) is 0 Å². The Morgan fingerprint density at radius 3 is 2.31 bits per heavy atom. The first-order valence-corrected chi connectivity index (χ1v) is 5.14. The van der Waals surface area contributed by atoms with E-state index in [1.165, 1.54) is 0 Å². The van der Waals surface area contributed by atoms with Gasteiger partial charge in [-0.25, -0.2) is 0 Å². The lowest BCUT2D eigenvalue weighted by Gasteiger charge is -2.06. The molecule has 90 valence electrons. The maximum atomic E-state index is 5.32. The number of hydrogen-bond acceptors (Lipinski definition) is 4. The van der Waals surface area contributed by atoms with Gasteiger partial charge in [0.05, 0.1) is 26.9 Å². The van der Waals surface area contributed by atoms with Crippen molar-refractivity contribution in [3.05, 3.63) is 29.8 Å². The fraction of sp³-hybridized carbons (Fsp3) is 0.500. The molecule has 1 rings (SSSR count). The summed E-state index contributed by atoms with van der Waals surface area (Å²) in [6, 6.07) is 7.75. The second-order valence-corrected chi connectivity index (χ2v) is 3.22. The first kappa shape index (κ1) is 13.0. The molecule has 0 aliphatic carbocycles. The maximum Gasteiger partial charge on any atom is 0.147 e. The van der Waals surface area contributed by atoms with E-state index in [1.54, 1.807) is 14.2 Å². The van der Waals surface area contributed by atoms with Crippen LogP contribution in [0.15, 0.2) is 24.3 Å². The van der Waals surface area contributed by atoms with Crippen molar-refractivity contribution in [1.82, 2.24) is 0 Å². The van der Waals surface area contributed by atoms with Crippen LogP contribution in [-0.4, -0.2) is 34.2 Å². The summed E-state index contributed by atoms with van der Waals surface area (Å²) >= 11 is 0. The van der Waals surface area contributed by atoms with E-state index in [1.807, 2.05) is 24.3 Å². The van der Waals surface area contributed by atoms with Gasteiger partial charge in [-0.1, -0.05) is 12.1 Å². The molecular formula is C12H18O4. The van der Waals surface area contributed by atoms with Gasteiger partial charge < -0.3 is 18.9 Å². The zero-order valence-corrected chi connectivity index (χ0v) is 9.77. The number of hydrogen-bond donors (Lipinski definition) is 0. The molecule has 0 fully saturated rings. The second-order valence-electron chi connectivity index (χ2n) is 3.22. The third-order valence-corrected chi connectivity index (χ3v) is 2.03. The minimum Gasteiger partial charge on any atom is -0.497 e. The maximum absolute atomic E-state index is 5.32. The normalized spacial score (nSPS) is 10.4. The summed E-state index contributed by atoms with van der Waals surface area (Å²) in [5.74, 6) is 0.847. The molecule has 4 heteroatoms. The van der Waals surface area contributed by atoms with Crippen molar-refractivity contribution in [2.24, 2.45) is 0 Å². The van der Waals surface area contributed by atoms with Crippen LogP contribution in [0.5, 0.6) is 5.75 Å². The summed E-state index contributed by atoms with van der Waals surface area (Å²) in [6.07, 6.45) is 0. The lowest BCUT2D eigenvalue weighted by Crippen LogP contribution is -2.05. The number of methoxy groups -OCH3 is 2. The van der Waals surface area contributed by atoms with Crippen LogP contribution in [0.25, 0.3) is 0 Å². The Labute approximate surface area is 96.1 Å². The zero-order chi connectivity index (χ0) is 11.6. The Kier molecular flexibility index (Phi) is 6.56. The Bertz CT molecular complexity index is 271. The minimum atomic E-state index is 0.287. The van der Waals surface area contributed by atoms with Crippen LogP contribution in [-0.2, 0) is 20.8 Å². The molecule has 0 amide bonds. The molecule has 4 nitrogen and oxygen atoms in total. The lowest BCUT2D eigenvalue weighted by atomic mass is 10.2. The Morgan fingerprint density at radius 2 is 1.69 bits per heavy atom. The smallest absolute Gasteiger partial charge is 0.147 e. The van der Waals surface area contributed by atoms with E-state index in [-0.39, 0.29) is 6.79 Å². The van der Waals surface area contributed by atoms with E-state index in [0.29, 0.717) is 19.8 Å². The lowest BCUT2D eigenvalue weighted by molar-refractivity contribution is -0.0724. The highest BCUT2D eigenvalue weighted by Gasteiger charge is 1.94. The SMILES string of the molecule is COCCOCOCc1ccc(OC)cc1. The number of rotatable bonds is 8. The van der Waals surface area contributed by atoms with Gasteiger partial charge in [0.2, 0.25) is 0 Å². The van der Waals surface area contributed by atoms with E-state index in [9.17, 15) is 0 Å². The minimum absolute atomic E-state index is 0.287. The molecule has 0 heterocycles. The Hall–Kier alpha value is -1.10. The van der Waals surface area contributed by atoms with Gasteiger partial charge in [-0.3, -0.25) is 0 Å². The summed E-state index contributed by atoms with van der Waals surface area (Å²) in [5.41, 5.74) is 1.09. The van der Waals surface area contributed by atoms with Gasteiger partial charge in [0.15, 0.2) is 0 Å². The quantitative estimate of drug-likeness (QED) is 0.500. The molecule has 16 heavy (non-hydrogen) atoms. The molecule has 0 atom stereocenters. The fourth-order valence-electron chi connectivity index (χ4n) is 1.14. The highest BCUT2D eigenvalue weighted by Crippen LogP contribution is 2.11. The van der Waals surface area contributed by atoms with Crippen molar-refractivity contribution < 1.29 is 18.9 Å². The van der Waals surface area contributed by atoms with Crippen LogP contribution in [0.3, 0.4) is 0 Å². The molecule has 1 aromatic rings. The molecule has 0 unspecified atom stereocenters. The van der Waals surface area contributed by atoms with E-state index in [0.717, 1.165) is 11.3 Å². The molecule has 0 aliphatic heterocycles. The second kappa shape index (κ2) is 8.10. The predicted octanol–water partition coefficient (Wildman–Crippen LogP) is 1.83. The third kappa shape index (κ3) is 5.11. The molecule has 0 saturated heterocycles. The standard InChI is InChI=1S/C12H18O4/c1-13-7-8-15-10-16-9-11-3-5-12(14-2)6-4-11/h3-6H,7-10H2,1-2H3. The Balaban J connectivity index is 2.12. The third-order valence-electron chi connectivity index (χ3n) is 2.03. The van der Waals surface area contributed by atoms with Crippen molar-refractivity contribution in [1.29, 1.82) is 0 Å². The molecule has 0 bridgehead atoms. The van der Waals surface area contributed by atoms with Crippen LogP contribution < -0.4 is 4.74 Å². The van der Waals surface area contributed by atoms with Crippen molar-refractivity contribution in [2.75, 3.05) is 34.2 Å². The summed E-state index contributed by atoms with van der Waals surface area (Å²) in [5, 5.41) is 0. The van der Waals surface area contributed by atoms with Gasteiger partial charge >= 0.3 is 0 Å². The predicted molar refractivity (Wildman–Crippen MR) is 60.5 cm³/mol. The highest BCUT2D eigenvalue weighted by molar-refractivity contribution is 5.26. The van der Waals surface area contributed by atoms with Crippen molar-refractivity contribution in [2.45, 2.75) is 6.61 Å². The average molecular weight is 226 g/mol. The topological polar surface area (TPSA) is 36.9 Å². The number of benzene rings is 1. The summed E-state index contributed by atoms with van der Waals surface area (Å²) in [4.78, 5) is 0. The van der Waals surface area contributed by atoms with Crippen LogP contribution in [0.1, 0.15) is 5.56 Å². The van der Waals surface area contributed by atoms with E-state index in [4.69, 9.17) is 18.9 Å². The summed E-state index contributed by atoms with van der Waals surface area (Å²) in [7, 11) is 3.29. The first-order chi connectivity index (χ1) is 7.86. The van der Waals surface area contributed by atoms with Crippen LogP contribution >= 0.6 is 0 Å². The van der Waals surface area contributed by atoms with Crippen molar-refractivity contribution in [3.63, 3.8) is 0 Å². The molecular weight excluding hydrogens is 208 g/mol. The highest BCUT2D eigenvalue weighted by atomic mass is 16.7. The van der Waals surface area contributed by atoms with Crippen LogP contribution in [0, 0.1) is 0 Å². The molecule has 0 aliphatic rings. The molecule has 0 radical (unpaired) electrons. The van der Waals surface area contributed by atoms with Gasteiger partial charge in [-0.2, -0.15) is 0 Å². The monoisotopic (exact) mass is 226 g/mol. The molecule has 1 aromatic carbocycles. The molecule has 0 N–H and O–H groups in total. The van der Waals surface area contributed by atoms with Crippen LogP contribution in [0.4, 0.5) is 0 Å². The summed E-state index contributed by atoms with van der Waals surface area (Å²) in [6.45, 7) is 1.97. The van der Waals surface area contributed by atoms with Crippen molar-refractivity contribution >= 4 is 0 Å². The first-order valence-electron chi connectivity index (χ1n) is 5.14. The van der Waals surface area contributed by atoms with E-state index >= 15 is 0 Å². The van der Waals surface area contributed by atoms with Gasteiger partial charge in [0.25, 0.3) is 0 Å². The molecule has 0 saturated carbocycles. The van der Waals surface area contributed by atoms with E-state index in [2.05, 4.69) is 0 Å².